The first-order valence-electron chi connectivity index (χ1n) is 9.27. The standard InChI is InChI=1S/C19H22N4O5S/c1-2-28-18(25)15-5-3-6-16(13-15)29(26,27)23-11-7-14(8-12-23)17(24)22-19-20-9-4-10-21-19/h3-6,9-10,13-14H,2,7-8,11-12H2,1H3,(H,20,21,22,24). The van der Waals surface area contributed by atoms with Crippen LogP contribution >= 0.6 is 0 Å². The Hall–Kier alpha value is -2.85. The molecule has 9 nitrogen and oxygen atoms in total. The Morgan fingerprint density at radius 1 is 1.17 bits per heavy atom. The maximum absolute atomic E-state index is 12.9. The van der Waals surface area contributed by atoms with E-state index in [1.165, 1.54) is 41.0 Å². The fraction of sp³-hybridized carbons (Fsp3) is 0.368. The summed E-state index contributed by atoms with van der Waals surface area (Å²) in [6, 6.07) is 7.44. The number of hydrogen-bond acceptors (Lipinski definition) is 7. The lowest BCUT2D eigenvalue weighted by molar-refractivity contribution is -0.121. The zero-order valence-corrected chi connectivity index (χ0v) is 16.8. The molecule has 2 aromatic rings. The van der Waals surface area contributed by atoms with Crippen LogP contribution in [0, 0.1) is 5.92 Å². The van der Waals surface area contributed by atoms with Crippen LogP contribution in [0.15, 0.2) is 47.6 Å². The van der Waals surface area contributed by atoms with Crippen molar-refractivity contribution in [1.29, 1.82) is 0 Å². The van der Waals surface area contributed by atoms with Crippen LogP contribution in [0.3, 0.4) is 0 Å². The minimum Gasteiger partial charge on any atom is -0.462 e. The number of esters is 1. The molecule has 154 valence electrons. The monoisotopic (exact) mass is 418 g/mol. The number of anilines is 1. The van der Waals surface area contributed by atoms with Crippen molar-refractivity contribution in [2.75, 3.05) is 25.0 Å². The van der Waals surface area contributed by atoms with Crippen LogP contribution in [0.25, 0.3) is 0 Å². The number of sulfonamides is 1. The molecule has 0 radical (unpaired) electrons. The zero-order chi connectivity index (χ0) is 20.9. The average Bonchev–Trinajstić information content (AvgIpc) is 2.75. The van der Waals surface area contributed by atoms with Crippen molar-refractivity contribution in [2.24, 2.45) is 5.92 Å². The number of piperidine rings is 1. The molecule has 1 aromatic heterocycles. The maximum atomic E-state index is 12.9. The quantitative estimate of drug-likeness (QED) is 0.709. The van der Waals surface area contributed by atoms with E-state index in [0.717, 1.165) is 0 Å². The zero-order valence-electron chi connectivity index (χ0n) is 15.9. The van der Waals surface area contributed by atoms with Crippen molar-refractivity contribution in [1.82, 2.24) is 14.3 Å². The summed E-state index contributed by atoms with van der Waals surface area (Å²) >= 11 is 0. The van der Waals surface area contributed by atoms with Crippen molar-refractivity contribution < 1.29 is 22.7 Å². The van der Waals surface area contributed by atoms with Gasteiger partial charge in [-0.1, -0.05) is 6.07 Å². The largest absolute Gasteiger partial charge is 0.462 e. The SMILES string of the molecule is CCOC(=O)c1cccc(S(=O)(=O)N2CCC(C(=O)Nc3ncccn3)CC2)c1. The van der Waals surface area contributed by atoms with Crippen LogP contribution in [0.1, 0.15) is 30.1 Å². The van der Waals surface area contributed by atoms with E-state index in [9.17, 15) is 18.0 Å². The van der Waals surface area contributed by atoms with E-state index in [-0.39, 0.29) is 47.9 Å². The Morgan fingerprint density at radius 2 is 1.86 bits per heavy atom. The molecule has 29 heavy (non-hydrogen) atoms. The minimum absolute atomic E-state index is 0.0311. The molecule has 1 aromatic carbocycles. The van der Waals surface area contributed by atoms with Gasteiger partial charge in [-0.25, -0.2) is 23.2 Å². The highest BCUT2D eigenvalue weighted by Crippen LogP contribution is 2.25. The third kappa shape index (κ3) is 4.96. The Balaban J connectivity index is 1.64. The van der Waals surface area contributed by atoms with Gasteiger partial charge in [0.2, 0.25) is 21.9 Å². The summed E-state index contributed by atoms with van der Waals surface area (Å²) in [4.78, 5) is 32.2. The van der Waals surface area contributed by atoms with Crippen molar-refractivity contribution in [3.8, 4) is 0 Å². The number of nitrogens with one attached hydrogen (secondary N) is 1. The van der Waals surface area contributed by atoms with Crippen molar-refractivity contribution >= 4 is 27.8 Å². The highest BCUT2D eigenvalue weighted by molar-refractivity contribution is 7.89. The summed E-state index contributed by atoms with van der Waals surface area (Å²) < 4.78 is 32.1. The lowest BCUT2D eigenvalue weighted by Crippen LogP contribution is -2.41. The number of benzene rings is 1. The summed E-state index contributed by atoms with van der Waals surface area (Å²) in [6.07, 6.45) is 3.83. The van der Waals surface area contributed by atoms with Gasteiger partial charge in [-0.2, -0.15) is 4.31 Å². The Morgan fingerprint density at radius 3 is 2.52 bits per heavy atom. The molecule has 1 saturated heterocycles. The Labute approximate surface area is 169 Å². The van der Waals surface area contributed by atoms with E-state index in [4.69, 9.17) is 4.74 Å². The van der Waals surface area contributed by atoms with Gasteiger partial charge in [0, 0.05) is 31.4 Å². The predicted molar refractivity (Wildman–Crippen MR) is 105 cm³/mol. The van der Waals surface area contributed by atoms with Crippen LogP contribution in [0.5, 0.6) is 0 Å². The number of ether oxygens (including phenoxy) is 1. The van der Waals surface area contributed by atoms with E-state index >= 15 is 0 Å². The first kappa shape index (κ1) is 20.9. The molecule has 0 unspecified atom stereocenters. The summed E-state index contributed by atoms with van der Waals surface area (Å²) in [5.74, 6) is -0.889. The Bertz CT molecular complexity index is 973. The average molecular weight is 418 g/mol. The molecule has 10 heteroatoms. The first-order chi connectivity index (χ1) is 13.9. The number of aromatic nitrogens is 2. The summed E-state index contributed by atoms with van der Waals surface area (Å²) in [6.45, 7) is 2.31. The van der Waals surface area contributed by atoms with Crippen LogP contribution in [-0.4, -0.2) is 54.3 Å². The van der Waals surface area contributed by atoms with E-state index in [1.54, 1.807) is 13.0 Å². The highest BCUT2D eigenvalue weighted by atomic mass is 32.2. The number of hydrogen-bond donors (Lipinski definition) is 1. The van der Waals surface area contributed by atoms with Crippen molar-refractivity contribution in [3.63, 3.8) is 0 Å². The van der Waals surface area contributed by atoms with Crippen molar-refractivity contribution in [3.05, 3.63) is 48.3 Å². The van der Waals surface area contributed by atoms with Gasteiger partial charge in [0.15, 0.2) is 0 Å². The fourth-order valence-electron chi connectivity index (χ4n) is 3.08. The number of nitrogens with zero attached hydrogens (tertiary/aromatic N) is 3. The molecule has 0 bridgehead atoms. The third-order valence-electron chi connectivity index (χ3n) is 4.61. The van der Waals surface area contributed by atoms with Gasteiger partial charge in [0.25, 0.3) is 0 Å². The van der Waals surface area contributed by atoms with Crippen molar-refractivity contribution in [2.45, 2.75) is 24.7 Å². The van der Waals surface area contributed by atoms with Crippen LogP contribution in [0.4, 0.5) is 5.95 Å². The van der Waals surface area contributed by atoms with E-state index in [2.05, 4.69) is 15.3 Å². The van der Waals surface area contributed by atoms with Gasteiger partial charge in [-0.05, 0) is 44.0 Å². The van der Waals surface area contributed by atoms with Gasteiger partial charge in [0.05, 0.1) is 17.1 Å². The Kier molecular flexibility index (Phi) is 6.55. The number of amides is 1. The maximum Gasteiger partial charge on any atom is 0.338 e. The second-order valence-corrected chi connectivity index (χ2v) is 8.43. The molecule has 1 N–H and O–H groups in total. The van der Waals surface area contributed by atoms with Crippen LogP contribution in [0.2, 0.25) is 0 Å². The highest BCUT2D eigenvalue weighted by Gasteiger charge is 2.32. The molecule has 0 atom stereocenters. The molecule has 0 aliphatic carbocycles. The summed E-state index contributed by atoms with van der Waals surface area (Å²) in [5, 5.41) is 2.65. The number of carbonyl (C=O) groups is 2. The lowest BCUT2D eigenvalue weighted by atomic mass is 9.97. The molecular weight excluding hydrogens is 396 g/mol. The molecule has 1 amide bonds. The van der Waals surface area contributed by atoms with Crippen LogP contribution < -0.4 is 5.32 Å². The van der Waals surface area contributed by atoms with Gasteiger partial charge in [0.1, 0.15) is 0 Å². The topological polar surface area (TPSA) is 119 Å². The van der Waals surface area contributed by atoms with Gasteiger partial charge >= 0.3 is 5.97 Å². The van der Waals surface area contributed by atoms with E-state index in [1.807, 2.05) is 0 Å². The minimum atomic E-state index is -3.77. The molecule has 1 aliphatic heterocycles. The molecule has 0 saturated carbocycles. The molecule has 2 heterocycles. The summed E-state index contributed by atoms with van der Waals surface area (Å²) in [5.41, 5.74) is 0.185. The number of carbonyl (C=O) groups excluding carboxylic acids is 2. The fourth-order valence-corrected chi connectivity index (χ4v) is 4.60. The molecule has 0 spiro atoms. The van der Waals surface area contributed by atoms with E-state index < -0.39 is 16.0 Å². The molecule has 1 aliphatic rings. The van der Waals surface area contributed by atoms with E-state index in [0.29, 0.717) is 12.8 Å². The van der Waals surface area contributed by atoms with Gasteiger partial charge in [-0.15, -0.1) is 0 Å². The third-order valence-corrected chi connectivity index (χ3v) is 6.50. The van der Waals surface area contributed by atoms with Gasteiger partial charge in [-0.3, -0.25) is 10.1 Å². The predicted octanol–water partition coefficient (Wildman–Crippen LogP) is 1.69. The molecular formula is C19H22N4O5S. The smallest absolute Gasteiger partial charge is 0.338 e. The lowest BCUT2D eigenvalue weighted by Gasteiger charge is -2.30. The molecule has 3 rings (SSSR count). The number of rotatable bonds is 6. The molecule has 1 fully saturated rings. The second-order valence-electron chi connectivity index (χ2n) is 6.49. The second kappa shape index (κ2) is 9.10. The summed E-state index contributed by atoms with van der Waals surface area (Å²) in [7, 11) is -3.77. The van der Waals surface area contributed by atoms with Crippen LogP contribution in [-0.2, 0) is 19.6 Å². The first-order valence-corrected chi connectivity index (χ1v) is 10.7. The van der Waals surface area contributed by atoms with Gasteiger partial charge < -0.3 is 4.74 Å². The normalized spacial score (nSPS) is 15.6.